The van der Waals surface area contributed by atoms with Crippen LogP contribution < -0.4 is 10.1 Å². The summed E-state index contributed by atoms with van der Waals surface area (Å²) < 4.78 is 24.9. The number of amides is 1. The second-order valence-electron chi connectivity index (χ2n) is 9.13. The molecule has 1 aliphatic heterocycles. The standard InChI is InChI=1S/C23H33FN2O3.CH2O2/c1-16(27)25-22-11-18-13-26(9-2-10-28-21-7-5-20(24)6-8-21)14-19(18)12-23(22)29-15-17-3-4-17;2-1-3/h5-8,17-19,22-23H,2-4,9-15H2,1H3,(H,25,27);1H,(H,2,3)/t18-,19+,22-,23-;/m1./s1. The van der Waals surface area contributed by atoms with Gasteiger partial charge in [-0.3, -0.25) is 9.59 Å². The van der Waals surface area contributed by atoms with Gasteiger partial charge in [-0.15, -0.1) is 0 Å². The molecule has 4 atom stereocenters. The number of ether oxygens (including phenoxy) is 2. The Kier molecular flexibility index (Phi) is 9.29. The number of nitrogens with one attached hydrogen (secondary N) is 1. The number of carbonyl (C=O) groups is 2. The molecule has 2 N–H and O–H groups in total. The van der Waals surface area contributed by atoms with E-state index in [0.29, 0.717) is 18.4 Å². The number of halogens is 1. The van der Waals surface area contributed by atoms with Crippen LogP contribution in [0.2, 0.25) is 0 Å². The second kappa shape index (κ2) is 12.2. The average molecular weight is 451 g/mol. The molecule has 0 unspecified atom stereocenters. The quantitative estimate of drug-likeness (QED) is 0.444. The molecule has 0 bridgehead atoms. The molecule has 1 aromatic carbocycles. The molecular weight excluding hydrogens is 415 g/mol. The third-order valence-electron chi connectivity index (χ3n) is 6.53. The SMILES string of the molecule is CC(=O)N[C@@H]1C[C@@H]2CN(CCCOc3ccc(F)cc3)C[C@@H]2C[C@H]1OCC1CC1.O=CO. The van der Waals surface area contributed by atoms with E-state index in [1.54, 1.807) is 19.1 Å². The Morgan fingerprint density at radius 1 is 1.22 bits per heavy atom. The van der Waals surface area contributed by atoms with E-state index in [4.69, 9.17) is 19.4 Å². The van der Waals surface area contributed by atoms with Crippen molar-refractivity contribution in [3.05, 3.63) is 30.1 Å². The maximum atomic E-state index is 12.9. The van der Waals surface area contributed by atoms with E-state index in [2.05, 4.69) is 10.2 Å². The minimum atomic E-state index is -0.250. The van der Waals surface area contributed by atoms with Crippen LogP contribution in [0.3, 0.4) is 0 Å². The first kappa shape index (κ1) is 24.5. The molecule has 1 heterocycles. The molecule has 2 saturated carbocycles. The summed E-state index contributed by atoms with van der Waals surface area (Å²) in [6.07, 6.45) is 5.75. The van der Waals surface area contributed by atoms with E-state index < -0.39 is 0 Å². The molecule has 8 heteroatoms. The molecule has 2 aliphatic carbocycles. The summed E-state index contributed by atoms with van der Waals surface area (Å²) >= 11 is 0. The lowest BCUT2D eigenvalue weighted by molar-refractivity contribution is -0.123. The van der Waals surface area contributed by atoms with Crippen LogP contribution >= 0.6 is 0 Å². The van der Waals surface area contributed by atoms with Crippen LogP contribution in [0.15, 0.2) is 24.3 Å². The lowest BCUT2D eigenvalue weighted by Crippen LogP contribution is -2.50. The van der Waals surface area contributed by atoms with Gasteiger partial charge in [0.05, 0.1) is 18.8 Å². The van der Waals surface area contributed by atoms with E-state index in [1.807, 2.05) is 0 Å². The maximum absolute atomic E-state index is 12.9. The van der Waals surface area contributed by atoms with Crippen molar-refractivity contribution < 1.29 is 28.6 Å². The van der Waals surface area contributed by atoms with Gasteiger partial charge in [0, 0.05) is 33.2 Å². The molecule has 0 radical (unpaired) electrons. The summed E-state index contributed by atoms with van der Waals surface area (Å²) in [4.78, 5) is 22.5. The van der Waals surface area contributed by atoms with Crippen LogP contribution in [0.25, 0.3) is 0 Å². The number of nitrogens with zero attached hydrogens (tertiary/aromatic N) is 1. The molecule has 178 valence electrons. The Labute approximate surface area is 189 Å². The van der Waals surface area contributed by atoms with Crippen LogP contribution in [0.1, 0.15) is 39.0 Å². The fourth-order valence-electron chi connectivity index (χ4n) is 4.84. The van der Waals surface area contributed by atoms with Gasteiger partial charge in [0.1, 0.15) is 11.6 Å². The molecule has 32 heavy (non-hydrogen) atoms. The van der Waals surface area contributed by atoms with Gasteiger partial charge in [-0.05, 0) is 74.1 Å². The normalized spacial score (nSPS) is 27.1. The first-order valence-corrected chi connectivity index (χ1v) is 11.6. The fourth-order valence-corrected chi connectivity index (χ4v) is 4.84. The van der Waals surface area contributed by atoms with Crippen molar-refractivity contribution in [1.82, 2.24) is 10.2 Å². The topological polar surface area (TPSA) is 88.1 Å². The molecule has 3 fully saturated rings. The van der Waals surface area contributed by atoms with Gasteiger partial charge in [0.2, 0.25) is 5.91 Å². The number of carboxylic acid groups (broad SMARTS) is 1. The van der Waals surface area contributed by atoms with Crippen LogP contribution in [-0.4, -0.2) is 67.4 Å². The fraction of sp³-hybridized carbons (Fsp3) is 0.667. The highest BCUT2D eigenvalue weighted by Crippen LogP contribution is 2.39. The van der Waals surface area contributed by atoms with Crippen LogP contribution in [-0.2, 0) is 14.3 Å². The van der Waals surface area contributed by atoms with Crippen molar-refractivity contribution in [2.45, 2.75) is 51.2 Å². The second-order valence-corrected chi connectivity index (χ2v) is 9.13. The van der Waals surface area contributed by atoms with Crippen LogP contribution in [0, 0.1) is 23.6 Å². The zero-order valence-corrected chi connectivity index (χ0v) is 18.7. The molecule has 1 aromatic rings. The van der Waals surface area contributed by atoms with Crippen molar-refractivity contribution in [3.8, 4) is 5.75 Å². The Balaban J connectivity index is 0.000000913. The smallest absolute Gasteiger partial charge is 0.290 e. The van der Waals surface area contributed by atoms with Crippen LogP contribution in [0.5, 0.6) is 5.75 Å². The van der Waals surface area contributed by atoms with Crippen molar-refractivity contribution in [2.75, 3.05) is 32.8 Å². The van der Waals surface area contributed by atoms with Gasteiger partial charge in [-0.1, -0.05) is 0 Å². The van der Waals surface area contributed by atoms with E-state index in [1.165, 1.54) is 25.0 Å². The lowest BCUT2D eigenvalue weighted by atomic mass is 9.77. The molecular formula is C24H35FN2O5. The van der Waals surface area contributed by atoms with Gasteiger partial charge in [-0.25, -0.2) is 4.39 Å². The molecule has 0 aromatic heterocycles. The Hall–Kier alpha value is -2.19. The average Bonchev–Trinajstić information content (AvgIpc) is 3.50. The number of hydrogen-bond donors (Lipinski definition) is 2. The Morgan fingerprint density at radius 2 is 1.88 bits per heavy atom. The van der Waals surface area contributed by atoms with Crippen molar-refractivity contribution in [2.24, 2.45) is 17.8 Å². The number of carbonyl (C=O) groups excluding carboxylic acids is 1. The van der Waals surface area contributed by atoms with Crippen molar-refractivity contribution in [3.63, 3.8) is 0 Å². The van der Waals surface area contributed by atoms with Gasteiger partial charge < -0.3 is 24.8 Å². The molecule has 0 spiro atoms. The predicted molar refractivity (Wildman–Crippen MR) is 118 cm³/mol. The number of fused-ring (bicyclic) bond motifs is 1. The van der Waals surface area contributed by atoms with Gasteiger partial charge in [0.15, 0.2) is 0 Å². The van der Waals surface area contributed by atoms with E-state index in [0.717, 1.165) is 57.2 Å². The number of hydrogen-bond acceptors (Lipinski definition) is 5. The number of rotatable bonds is 9. The third-order valence-corrected chi connectivity index (χ3v) is 6.53. The van der Waals surface area contributed by atoms with Gasteiger partial charge in [-0.2, -0.15) is 0 Å². The van der Waals surface area contributed by atoms with Gasteiger partial charge >= 0.3 is 0 Å². The van der Waals surface area contributed by atoms with Gasteiger partial charge in [0.25, 0.3) is 6.47 Å². The molecule has 7 nitrogen and oxygen atoms in total. The summed E-state index contributed by atoms with van der Waals surface area (Å²) in [7, 11) is 0. The Morgan fingerprint density at radius 3 is 2.50 bits per heavy atom. The highest BCUT2D eigenvalue weighted by atomic mass is 19.1. The monoisotopic (exact) mass is 450 g/mol. The molecule has 4 rings (SSSR count). The highest BCUT2D eigenvalue weighted by molar-refractivity contribution is 5.73. The minimum absolute atomic E-state index is 0.0428. The highest BCUT2D eigenvalue weighted by Gasteiger charge is 2.43. The summed E-state index contributed by atoms with van der Waals surface area (Å²) in [6, 6.07) is 6.34. The van der Waals surface area contributed by atoms with Crippen LogP contribution in [0.4, 0.5) is 4.39 Å². The third kappa shape index (κ3) is 7.74. The minimum Gasteiger partial charge on any atom is -0.494 e. The van der Waals surface area contributed by atoms with E-state index >= 15 is 0 Å². The Bertz CT molecular complexity index is 728. The first-order chi connectivity index (χ1) is 15.5. The number of likely N-dealkylation sites (tertiary alicyclic amines) is 1. The molecule has 1 amide bonds. The summed E-state index contributed by atoms with van der Waals surface area (Å²) in [5.74, 6) is 2.55. The van der Waals surface area contributed by atoms with E-state index in [9.17, 15) is 9.18 Å². The zero-order valence-electron chi connectivity index (χ0n) is 18.7. The molecule has 1 saturated heterocycles. The summed E-state index contributed by atoms with van der Waals surface area (Å²) in [6.45, 7) is 6.05. The lowest BCUT2D eigenvalue weighted by Gasteiger charge is -2.38. The first-order valence-electron chi connectivity index (χ1n) is 11.6. The summed E-state index contributed by atoms with van der Waals surface area (Å²) in [5, 5.41) is 10.0. The summed E-state index contributed by atoms with van der Waals surface area (Å²) in [5.41, 5.74) is 0. The maximum Gasteiger partial charge on any atom is 0.290 e. The molecule has 3 aliphatic rings. The van der Waals surface area contributed by atoms with Crippen molar-refractivity contribution in [1.29, 1.82) is 0 Å². The largest absolute Gasteiger partial charge is 0.494 e. The number of benzene rings is 1. The predicted octanol–water partition coefficient (Wildman–Crippen LogP) is 2.94. The van der Waals surface area contributed by atoms with E-state index in [-0.39, 0.29) is 30.3 Å². The van der Waals surface area contributed by atoms with Crippen molar-refractivity contribution >= 4 is 12.4 Å². The zero-order chi connectivity index (χ0) is 22.9.